The molecule has 1 aliphatic rings. The molecule has 1 aliphatic carbocycles. The summed E-state index contributed by atoms with van der Waals surface area (Å²) in [5.74, 6) is 0. The van der Waals surface area contributed by atoms with Gasteiger partial charge in [-0.25, -0.2) is 0 Å². The van der Waals surface area contributed by atoms with Crippen LogP contribution in [0.5, 0.6) is 0 Å². The Hall–Kier alpha value is -0.200. The first-order valence-electron chi connectivity index (χ1n) is 7.37. The zero-order chi connectivity index (χ0) is 13.9. The van der Waals surface area contributed by atoms with E-state index in [-0.39, 0.29) is 12.6 Å². The van der Waals surface area contributed by atoms with Gasteiger partial charge < -0.3 is 24.8 Å². The van der Waals surface area contributed by atoms with Crippen LogP contribution in [0.2, 0.25) is 0 Å². The maximum Gasteiger partial charge on any atom is 0.0589 e. The number of methoxy groups -OCH3 is 2. The van der Waals surface area contributed by atoms with Crippen molar-refractivity contribution in [2.24, 2.45) is 0 Å². The van der Waals surface area contributed by atoms with E-state index >= 15 is 0 Å². The van der Waals surface area contributed by atoms with Gasteiger partial charge in [-0.1, -0.05) is 0 Å². The SMILES string of the molecule is COCCCN(CCOC)CCC(CO)NC1CC1. The maximum absolute atomic E-state index is 9.38. The van der Waals surface area contributed by atoms with Crippen molar-refractivity contribution in [1.82, 2.24) is 10.2 Å². The molecule has 0 heterocycles. The number of nitrogens with one attached hydrogen (secondary N) is 1. The second-order valence-corrected chi connectivity index (χ2v) is 5.29. The third-order valence-electron chi connectivity index (χ3n) is 3.50. The van der Waals surface area contributed by atoms with Crippen LogP contribution in [0.25, 0.3) is 0 Å². The highest BCUT2D eigenvalue weighted by molar-refractivity contribution is 4.85. The lowest BCUT2D eigenvalue weighted by Crippen LogP contribution is -2.39. The highest BCUT2D eigenvalue weighted by atomic mass is 16.5. The van der Waals surface area contributed by atoms with Crippen LogP contribution in [0.4, 0.5) is 0 Å². The molecule has 2 N–H and O–H groups in total. The summed E-state index contributed by atoms with van der Waals surface area (Å²) in [5, 5.41) is 12.9. The van der Waals surface area contributed by atoms with Gasteiger partial charge in [0.1, 0.15) is 0 Å². The van der Waals surface area contributed by atoms with Gasteiger partial charge in [0.25, 0.3) is 0 Å². The molecule has 0 aliphatic heterocycles. The average molecular weight is 274 g/mol. The van der Waals surface area contributed by atoms with Gasteiger partial charge in [0, 0.05) is 46.0 Å². The number of aliphatic hydroxyl groups excluding tert-OH is 1. The molecule has 0 amide bonds. The van der Waals surface area contributed by atoms with Crippen LogP contribution in [0.3, 0.4) is 0 Å². The van der Waals surface area contributed by atoms with Crippen LogP contribution in [-0.2, 0) is 9.47 Å². The van der Waals surface area contributed by atoms with E-state index in [1.165, 1.54) is 12.8 Å². The Morgan fingerprint density at radius 2 is 1.89 bits per heavy atom. The molecular formula is C14H30N2O3. The predicted octanol–water partition coefficient (Wildman–Crippen LogP) is 0.474. The van der Waals surface area contributed by atoms with Gasteiger partial charge in [0.05, 0.1) is 13.2 Å². The third-order valence-corrected chi connectivity index (χ3v) is 3.50. The largest absolute Gasteiger partial charge is 0.395 e. The Kier molecular flexibility index (Phi) is 9.38. The van der Waals surface area contributed by atoms with Gasteiger partial charge in [0.15, 0.2) is 0 Å². The molecule has 1 saturated carbocycles. The zero-order valence-corrected chi connectivity index (χ0v) is 12.4. The lowest BCUT2D eigenvalue weighted by molar-refractivity contribution is 0.126. The molecular weight excluding hydrogens is 244 g/mol. The molecule has 19 heavy (non-hydrogen) atoms. The Labute approximate surface area is 117 Å². The molecule has 1 unspecified atom stereocenters. The molecule has 0 aromatic rings. The number of hydrogen-bond donors (Lipinski definition) is 2. The summed E-state index contributed by atoms with van der Waals surface area (Å²) < 4.78 is 10.2. The Bertz CT molecular complexity index is 213. The topological polar surface area (TPSA) is 54.0 Å². The quantitative estimate of drug-likeness (QED) is 0.478. The molecule has 5 heteroatoms. The Morgan fingerprint density at radius 1 is 1.16 bits per heavy atom. The van der Waals surface area contributed by atoms with Crippen molar-refractivity contribution in [2.75, 3.05) is 53.7 Å². The summed E-state index contributed by atoms with van der Waals surface area (Å²) in [6.07, 6.45) is 4.55. The molecule has 5 nitrogen and oxygen atoms in total. The highest BCUT2D eigenvalue weighted by Crippen LogP contribution is 2.19. The fourth-order valence-corrected chi connectivity index (χ4v) is 2.14. The van der Waals surface area contributed by atoms with Gasteiger partial charge in [-0.05, 0) is 32.2 Å². The van der Waals surface area contributed by atoms with Crippen molar-refractivity contribution in [3.8, 4) is 0 Å². The van der Waals surface area contributed by atoms with Crippen molar-refractivity contribution >= 4 is 0 Å². The first-order valence-corrected chi connectivity index (χ1v) is 7.37. The lowest BCUT2D eigenvalue weighted by atomic mass is 10.2. The predicted molar refractivity (Wildman–Crippen MR) is 76.5 cm³/mol. The summed E-state index contributed by atoms with van der Waals surface area (Å²) in [7, 11) is 3.47. The molecule has 0 bridgehead atoms. The van der Waals surface area contributed by atoms with Crippen LogP contribution in [-0.4, -0.2) is 75.8 Å². The fraction of sp³-hybridized carbons (Fsp3) is 1.00. The van der Waals surface area contributed by atoms with E-state index in [9.17, 15) is 5.11 Å². The summed E-state index contributed by atoms with van der Waals surface area (Å²) in [6, 6.07) is 0.887. The van der Waals surface area contributed by atoms with Gasteiger partial charge >= 0.3 is 0 Å². The first-order chi connectivity index (χ1) is 9.30. The molecule has 0 aromatic carbocycles. The number of rotatable bonds is 13. The third kappa shape index (κ3) is 8.55. The van der Waals surface area contributed by atoms with Crippen LogP contribution in [0.15, 0.2) is 0 Å². The standard InChI is InChI=1S/C14H30N2O3/c1-18-10-3-7-16(9-11-19-2)8-6-14(12-17)15-13-4-5-13/h13-15,17H,3-12H2,1-2H3. The van der Waals surface area contributed by atoms with E-state index in [1.54, 1.807) is 14.2 Å². The van der Waals surface area contributed by atoms with Gasteiger partial charge in [-0.15, -0.1) is 0 Å². The van der Waals surface area contributed by atoms with E-state index in [0.29, 0.717) is 6.04 Å². The molecule has 1 atom stereocenters. The summed E-state index contributed by atoms with van der Waals surface area (Å²) >= 11 is 0. The van der Waals surface area contributed by atoms with Crippen LogP contribution in [0, 0.1) is 0 Å². The fourth-order valence-electron chi connectivity index (χ4n) is 2.14. The second-order valence-electron chi connectivity index (χ2n) is 5.29. The minimum absolute atomic E-state index is 0.229. The Balaban J connectivity index is 2.19. The van der Waals surface area contributed by atoms with Crippen LogP contribution in [0.1, 0.15) is 25.7 Å². The zero-order valence-electron chi connectivity index (χ0n) is 12.4. The minimum atomic E-state index is 0.229. The van der Waals surface area contributed by atoms with E-state index in [1.807, 2.05) is 0 Å². The molecule has 0 radical (unpaired) electrons. The average Bonchev–Trinajstić information content (AvgIpc) is 3.23. The number of hydrogen-bond acceptors (Lipinski definition) is 5. The first kappa shape index (κ1) is 16.9. The molecule has 114 valence electrons. The molecule has 0 spiro atoms. The van der Waals surface area contributed by atoms with Gasteiger partial charge in [-0.3, -0.25) is 0 Å². The van der Waals surface area contributed by atoms with Crippen molar-refractivity contribution in [2.45, 2.75) is 37.8 Å². The maximum atomic E-state index is 9.38. The monoisotopic (exact) mass is 274 g/mol. The Morgan fingerprint density at radius 3 is 2.47 bits per heavy atom. The van der Waals surface area contributed by atoms with Crippen molar-refractivity contribution in [3.05, 3.63) is 0 Å². The van der Waals surface area contributed by atoms with Gasteiger partial charge in [0.2, 0.25) is 0 Å². The van der Waals surface area contributed by atoms with Crippen LogP contribution >= 0.6 is 0 Å². The van der Waals surface area contributed by atoms with E-state index in [4.69, 9.17) is 9.47 Å². The van der Waals surface area contributed by atoms with E-state index < -0.39 is 0 Å². The van der Waals surface area contributed by atoms with Gasteiger partial charge in [-0.2, -0.15) is 0 Å². The normalized spacial score (nSPS) is 17.1. The minimum Gasteiger partial charge on any atom is -0.395 e. The number of aliphatic hydroxyl groups is 1. The van der Waals surface area contributed by atoms with Crippen LogP contribution < -0.4 is 5.32 Å². The summed E-state index contributed by atoms with van der Waals surface area (Å²) in [5.41, 5.74) is 0. The summed E-state index contributed by atoms with van der Waals surface area (Å²) in [6.45, 7) is 4.76. The highest BCUT2D eigenvalue weighted by Gasteiger charge is 2.24. The van der Waals surface area contributed by atoms with E-state index in [2.05, 4.69) is 10.2 Å². The molecule has 0 saturated heterocycles. The lowest BCUT2D eigenvalue weighted by Gasteiger charge is -2.24. The van der Waals surface area contributed by atoms with Crippen molar-refractivity contribution in [3.63, 3.8) is 0 Å². The van der Waals surface area contributed by atoms with E-state index in [0.717, 1.165) is 45.7 Å². The molecule has 1 rings (SSSR count). The molecule has 1 fully saturated rings. The number of nitrogens with zero attached hydrogens (tertiary/aromatic N) is 1. The summed E-state index contributed by atoms with van der Waals surface area (Å²) in [4.78, 5) is 2.39. The number of ether oxygens (including phenoxy) is 2. The molecule has 0 aromatic heterocycles. The second kappa shape index (κ2) is 10.6. The van der Waals surface area contributed by atoms with Crippen molar-refractivity contribution in [1.29, 1.82) is 0 Å². The smallest absolute Gasteiger partial charge is 0.0589 e. The van der Waals surface area contributed by atoms with Crippen molar-refractivity contribution < 1.29 is 14.6 Å².